The number of carbonyl (C=O) groups is 1. The van der Waals surface area contributed by atoms with E-state index in [0.29, 0.717) is 64.4 Å². The zero-order valence-corrected chi connectivity index (χ0v) is 20.3. The Kier molecular flexibility index (Phi) is 8.99. The van der Waals surface area contributed by atoms with Crippen molar-refractivity contribution in [3.05, 3.63) is 51.8 Å². The fraction of sp³-hybridized carbons (Fsp3) is 0.348. The molecule has 0 fully saturated rings. The summed E-state index contributed by atoms with van der Waals surface area (Å²) in [5.41, 5.74) is 0.883. The number of hydrogen-bond acceptors (Lipinski definition) is 7. The molecule has 0 spiro atoms. The second-order valence-electron chi connectivity index (χ2n) is 6.94. The number of para-hydroxylation sites is 1. The highest BCUT2D eigenvalue weighted by Gasteiger charge is 2.16. The number of amides is 1. The summed E-state index contributed by atoms with van der Waals surface area (Å²) < 4.78 is 17.5. The van der Waals surface area contributed by atoms with Crippen molar-refractivity contribution >= 4 is 45.9 Å². The standard InChI is InChI=1S/C23H26ClN3O5S/c1-4-32-11-7-10-27-22(29)15-8-5-6-9-17(15)26-23(27)33-14-21(28)25-18-12-16(24)19(30-2)13-20(18)31-3/h5-6,8-9,12-13H,4,7,10-11,14H2,1-3H3,(H,25,28). The number of nitrogens with zero attached hydrogens (tertiary/aromatic N) is 2. The fourth-order valence-electron chi connectivity index (χ4n) is 3.20. The molecule has 1 N–H and O–H groups in total. The molecule has 0 saturated carbocycles. The summed E-state index contributed by atoms with van der Waals surface area (Å²) in [5, 5.41) is 4.16. The third kappa shape index (κ3) is 6.19. The minimum atomic E-state index is -0.289. The molecule has 3 aromatic rings. The van der Waals surface area contributed by atoms with Crippen molar-refractivity contribution in [1.82, 2.24) is 9.55 Å². The second kappa shape index (κ2) is 11.9. The summed E-state index contributed by atoms with van der Waals surface area (Å²) in [5.74, 6) is 0.620. The predicted octanol–water partition coefficient (Wildman–Crippen LogP) is 4.22. The molecule has 0 aliphatic rings. The molecule has 0 atom stereocenters. The van der Waals surface area contributed by atoms with Crippen LogP contribution >= 0.6 is 23.4 Å². The van der Waals surface area contributed by atoms with Crippen molar-refractivity contribution < 1.29 is 19.0 Å². The Morgan fingerprint density at radius 1 is 1.18 bits per heavy atom. The molecular weight excluding hydrogens is 466 g/mol. The first-order chi connectivity index (χ1) is 16.0. The van der Waals surface area contributed by atoms with Crippen LogP contribution in [0.3, 0.4) is 0 Å². The maximum absolute atomic E-state index is 13.1. The molecule has 33 heavy (non-hydrogen) atoms. The van der Waals surface area contributed by atoms with Gasteiger partial charge in [0.2, 0.25) is 5.91 Å². The molecule has 1 heterocycles. The first kappa shape index (κ1) is 24.9. The van der Waals surface area contributed by atoms with Crippen molar-refractivity contribution in [2.45, 2.75) is 25.0 Å². The Hall–Kier alpha value is -2.75. The van der Waals surface area contributed by atoms with Gasteiger partial charge in [0.1, 0.15) is 11.5 Å². The number of halogens is 1. The number of fused-ring (bicyclic) bond motifs is 1. The number of rotatable bonds is 11. The van der Waals surface area contributed by atoms with Gasteiger partial charge >= 0.3 is 0 Å². The number of nitrogens with one attached hydrogen (secondary N) is 1. The predicted molar refractivity (Wildman–Crippen MR) is 131 cm³/mol. The Morgan fingerprint density at radius 3 is 2.67 bits per heavy atom. The largest absolute Gasteiger partial charge is 0.495 e. The van der Waals surface area contributed by atoms with Gasteiger partial charge in [-0.25, -0.2) is 4.98 Å². The SMILES string of the molecule is CCOCCCn1c(SCC(=O)Nc2cc(Cl)c(OC)cc2OC)nc2ccccc2c1=O. The average molecular weight is 492 g/mol. The lowest BCUT2D eigenvalue weighted by Gasteiger charge is -2.14. The monoisotopic (exact) mass is 491 g/mol. The number of carbonyl (C=O) groups excluding carboxylic acids is 1. The highest BCUT2D eigenvalue weighted by atomic mass is 35.5. The van der Waals surface area contributed by atoms with Crippen LogP contribution in [0.5, 0.6) is 11.5 Å². The number of anilines is 1. The molecule has 176 valence electrons. The van der Waals surface area contributed by atoms with Crippen LogP contribution in [-0.4, -0.2) is 48.6 Å². The summed E-state index contributed by atoms with van der Waals surface area (Å²) >= 11 is 7.38. The third-order valence-electron chi connectivity index (χ3n) is 4.78. The van der Waals surface area contributed by atoms with Crippen LogP contribution in [0.1, 0.15) is 13.3 Å². The number of ether oxygens (including phenoxy) is 3. The summed E-state index contributed by atoms with van der Waals surface area (Å²) in [4.78, 5) is 30.4. The van der Waals surface area contributed by atoms with E-state index in [-0.39, 0.29) is 17.2 Å². The van der Waals surface area contributed by atoms with Gasteiger partial charge in [-0.1, -0.05) is 35.5 Å². The van der Waals surface area contributed by atoms with Gasteiger partial charge in [-0.3, -0.25) is 14.2 Å². The zero-order valence-electron chi connectivity index (χ0n) is 18.7. The van der Waals surface area contributed by atoms with Gasteiger partial charge in [-0.05, 0) is 31.5 Å². The van der Waals surface area contributed by atoms with E-state index in [1.165, 1.54) is 26.0 Å². The summed E-state index contributed by atoms with van der Waals surface area (Å²) in [7, 11) is 2.99. The molecule has 0 radical (unpaired) electrons. The molecule has 0 aliphatic heterocycles. The quantitative estimate of drug-likeness (QED) is 0.244. The maximum atomic E-state index is 13.1. The van der Waals surface area contributed by atoms with Crippen LogP contribution in [0.25, 0.3) is 10.9 Å². The van der Waals surface area contributed by atoms with Crippen molar-refractivity contribution in [1.29, 1.82) is 0 Å². The number of methoxy groups -OCH3 is 2. The van der Waals surface area contributed by atoms with Crippen LogP contribution in [0, 0.1) is 0 Å². The van der Waals surface area contributed by atoms with E-state index in [9.17, 15) is 9.59 Å². The Balaban J connectivity index is 1.79. The van der Waals surface area contributed by atoms with E-state index >= 15 is 0 Å². The first-order valence-corrected chi connectivity index (χ1v) is 11.8. The number of hydrogen-bond donors (Lipinski definition) is 1. The normalized spacial score (nSPS) is 10.9. The van der Waals surface area contributed by atoms with Gasteiger partial charge in [0, 0.05) is 25.8 Å². The van der Waals surface area contributed by atoms with Gasteiger partial charge in [0.25, 0.3) is 5.56 Å². The van der Waals surface area contributed by atoms with E-state index in [0.717, 1.165) is 0 Å². The minimum absolute atomic E-state index is 0.0447. The van der Waals surface area contributed by atoms with Crippen molar-refractivity contribution in [2.75, 3.05) is 38.5 Å². The average Bonchev–Trinajstić information content (AvgIpc) is 2.82. The molecule has 0 saturated heterocycles. The molecule has 0 unspecified atom stereocenters. The van der Waals surface area contributed by atoms with E-state index < -0.39 is 0 Å². The highest BCUT2D eigenvalue weighted by molar-refractivity contribution is 7.99. The Morgan fingerprint density at radius 2 is 1.94 bits per heavy atom. The smallest absolute Gasteiger partial charge is 0.262 e. The van der Waals surface area contributed by atoms with Gasteiger partial charge in [0.05, 0.1) is 41.6 Å². The molecule has 10 heteroatoms. The van der Waals surface area contributed by atoms with Gasteiger partial charge < -0.3 is 19.5 Å². The molecule has 8 nitrogen and oxygen atoms in total. The van der Waals surface area contributed by atoms with E-state index in [1.807, 2.05) is 19.1 Å². The lowest BCUT2D eigenvalue weighted by molar-refractivity contribution is -0.113. The lowest BCUT2D eigenvalue weighted by atomic mass is 10.2. The van der Waals surface area contributed by atoms with Crippen LogP contribution in [0.15, 0.2) is 46.3 Å². The fourth-order valence-corrected chi connectivity index (χ4v) is 4.26. The maximum Gasteiger partial charge on any atom is 0.262 e. The lowest BCUT2D eigenvalue weighted by Crippen LogP contribution is -2.25. The molecule has 1 amide bonds. The van der Waals surface area contributed by atoms with Crippen LogP contribution < -0.4 is 20.3 Å². The van der Waals surface area contributed by atoms with Crippen molar-refractivity contribution in [2.24, 2.45) is 0 Å². The number of aromatic nitrogens is 2. The van der Waals surface area contributed by atoms with Crippen LogP contribution in [0.4, 0.5) is 5.69 Å². The first-order valence-electron chi connectivity index (χ1n) is 10.4. The number of thioether (sulfide) groups is 1. The van der Waals surface area contributed by atoms with E-state index in [2.05, 4.69) is 10.3 Å². The van der Waals surface area contributed by atoms with Crippen LogP contribution in [-0.2, 0) is 16.1 Å². The topological polar surface area (TPSA) is 91.7 Å². The van der Waals surface area contributed by atoms with Gasteiger partial charge in [-0.15, -0.1) is 0 Å². The summed E-state index contributed by atoms with van der Waals surface area (Å²) in [6.45, 7) is 3.53. The molecule has 1 aromatic heterocycles. The van der Waals surface area contributed by atoms with Crippen LogP contribution in [0.2, 0.25) is 5.02 Å². The molecule has 0 bridgehead atoms. The minimum Gasteiger partial charge on any atom is -0.495 e. The third-order valence-corrected chi connectivity index (χ3v) is 6.05. The van der Waals surface area contributed by atoms with Gasteiger partial charge in [-0.2, -0.15) is 0 Å². The van der Waals surface area contributed by atoms with Crippen molar-refractivity contribution in [3.8, 4) is 11.5 Å². The second-order valence-corrected chi connectivity index (χ2v) is 8.29. The Labute approximate surface area is 201 Å². The highest BCUT2D eigenvalue weighted by Crippen LogP contribution is 2.36. The number of benzene rings is 2. The van der Waals surface area contributed by atoms with Crippen molar-refractivity contribution in [3.63, 3.8) is 0 Å². The molecule has 2 aromatic carbocycles. The summed E-state index contributed by atoms with van der Waals surface area (Å²) in [6, 6.07) is 10.4. The zero-order chi connectivity index (χ0) is 23.8. The molecule has 0 aliphatic carbocycles. The van der Waals surface area contributed by atoms with Gasteiger partial charge in [0.15, 0.2) is 5.16 Å². The molecule has 3 rings (SSSR count). The summed E-state index contributed by atoms with van der Waals surface area (Å²) in [6.07, 6.45) is 0.662. The van der Waals surface area contributed by atoms with E-state index in [4.69, 9.17) is 25.8 Å². The van der Waals surface area contributed by atoms with E-state index in [1.54, 1.807) is 28.8 Å². The Bertz CT molecular complexity index is 1180. The molecular formula is C23H26ClN3O5S.